The number of nitro benzene ring substituents is 1. The van der Waals surface area contributed by atoms with E-state index in [4.69, 9.17) is 4.74 Å². The molecule has 0 aliphatic rings. The lowest BCUT2D eigenvalue weighted by molar-refractivity contribution is -0.383. The molecule has 0 bridgehead atoms. The summed E-state index contributed by atoms with van der Waals surface area (Å²) in [5, 5.41) is 14.6. The lowest BCUT2D eigenvalue weighted by Crippen LogP contribution is -2.09. The van der Waals surface area contributed by atoms with Crippen LogP contribution in [0.15, 0.2) is 47.5 Å². The standard InChI is InChI=1S/C19H20N4O4/c1-12(2)10-27-14-5-3-4-13(6-14)9-20-17-8-16-15(7-18(17)23(25)26)19(24)22-11-21-16/h3-8,11-12,20H,9-10H2,1-2H3,(H,21,22,24). The molecule has 0 atom stereocenters. The van der Waals surface area contributed by atoms with Gasteiger partial charge in [-0.1, -0.05) is 26.0 Å². The molecule has 3 rings (SSSR count). The van der Waals surface area contributed by atoms with Crippen molar-refractivity contribution in [3.63, 3.8) is 0 Å². The van der Waals surface area contributed by atoms with Crippen LogP contribution in [0.4, 0.5) is 11.4 Å². The fourth-order valence-electron chi connectivity index (χ4n) is 2.60. The summed E-state index contributed by atoms with van der Waals surface area (Å²) in [6.45, 7) is 5.13. The molecule has 0 fully saturated rings. The summed E-state index contributed by atoms with van der Waals surface area (Å²) in [6.07, 6.45) is 1.27. The number of hydrogen-bond donors (Lipinski definition) is 2. The summed E-state index contributed by atoms with van der Waals surface area (Å²) >= 11 is 0. The van der Waals surface area contributed by atoms with E-state index >= 15 is 0 Å². The van der Waals surface area contributed by atoms with Gasteiger partial charge in [-0.05, 0) is 29.7 Å². The molecule has 1 heterocycles. The summed E-state index contributed by atoms with van der Waals surface area (Å²) in [5.41, 5.74) is 1.03. The molecule has 0 radical (unpaired) electrons. The van der Waals surface area contributed by atoms with E-state index in [-0.39, 0.29) is 11.1 Å². The van der Waals surface area contributed by atoms with E-state index in [1.54, 1.807) is 0 Å². The van der Waals surface area contributed by atoms with Gasteiger partial charge in [0.05, 0.1) is 28.8 Å². The monoisotopic (exact) mass is 368 g/mol. The van der Waals surface area contributed by atoms with Crippen molar-refractivity contribution < 1.29 is 9.66 Å². The third-order valence-corrected chi connectivity index (χ3v) is 3.92. The van der Waals surface area contributed by atoms with Crippen molar-refractivity contribution >= 4 is 22.3 Å². The molecule has 0 spiro atoms. The van der Waals surface area contributed by atoms with Crippen LogP contribution in [0.5, 0.6) is 5.75 Å². The van der Waals surface area contributed by atoms with Crippen LogP contribution >= 0.6 is 0 Å². The van der Waals surface area contributed by atoms with Gasteiger partial charge < -0.3 is 15.0 Å². The van der Waals surface area contributed by atoms with Gasteiger partial charge in [0.2, 0.25) is 0 Å². The largest absolute Gasteiger partial charge is 0.493 e. The predicted molar refractivity (Wildman–Crippen MR) is 103 cm³/mol. The number of nitro groups is 1. The summed E-state index contributed by atoms with van der Waals surface area (Å²) in [6, 6.07) is 10.3. The third kappa shape index (κ3) is 4.41. The van der Waals surface area contributed by atoms with Gasteiger partial charge >= 0.3 is 0 Å². The van der Waals surface area contributed by atoms with Crippen molar-refractivity contribution in [3.05, 3.63) is 68.8 Å². The quantitative estimate of drug-likeness (QED) is 0.488. The number of fused-ring (bicyclic) bond motifs is 1. The minimum Gasteiger partial charge on any atom is -0.493 e. The fraction of sp³-hybridized carbons (Fsp3) is 0.263. The van der Waals surface area contributed by atoms with Crippen LogP contribution < -0.4 is 15.6 Å². The zero-order valence-electron chi connectivity index (χ0n) is 15.1. The summed E-state index contributed by atoms with van der Waals surface area (Å²) in [7, 11) is 0. The molecule has 140 valence electrons. The van der Waals surface area contributed by atoms with E-state index in [0.717, 1.165) is 11.3 Å². The van der Waals surface area contributed by atoms with Gasteiger partial charge in [-0.3, -0.25) is 14.9 Å². The Labute approximate surface area is 155 Å². The predicted octanol–water partition coefficient (Wildman–Crippen LogP) is 3.48. The van der Waals surface area contributed by atoms with Crippen molar-refractivity contribution in [1.82, 2.24) is 9.97 Å². The molecule has 27 heavy (non-hydrogen) atoms. The van der Waals surface area contributed by atoms with Gasteiger partial charge in [-0.2, -0.15) is 0 Å². The Morgan fingerprint density at radius 3 is 2.85 bits per heavy atom. The van der Waals surface area contributed by atoms with Crippen molar-refractivity contribution in [2.75, 3.05) is 11.9 Å². The first-order valence-electron chi connectivity index (χ1n) is 8.55. The normalized spacial score (nSPS) is 10.9. The van der Waals surface area contributed by atoms with Crippen molar-refractivity contribution in [3.8, 4) is 5.75 Å². The van der Waals surface area contributed by atoms with Gasteiger partial charge in [0.1, 0.15) is 11.4 Å². The summed E-state index contributed by atoms with van der Waals surface area (Å²) in [4.78, 5) is 29.2. The Kier molecular flexibility index (Phi) is 5.35. The summed E-state index contributed by atoms with van der Waals surface area (Å²) < 4.78 is 5.71. The second-order valence-electron chi connectivity index (χ2n) is 6.58. The number of hydrogen-bond acceptors (Lipinski definition) is 6. The van der Waals surface area contributed by atoms with Crippen LogP contribution in [-0.2, 0) is 6.54 Å². The Morgan fingerprint density at radius 2 is 2.11 bits per heavy atom. The number of aromatic amines is 1. The topological polar surface area (TPSA) is 110 Å². The highest BCUT2D eigenvalue weighted by Crippen LogP contribution is 2.28. The zero-order valence-corrected chi connectivity index (χ0v) is 15.1. The number of rotatable bonds is 7. The minimum atomic E-state index is -0.517. The maximum atomic E-state index is 11.8. The molecular weight excluding hydrogens is 348 g/mol. The molecule has 8 nitrogen and oxygen atoms in total. The highest BCUT2D eigenvalue weighted by atomic mass is 16.6. The van der Waals surface area contributed by atoms with Crippen LogP contribution in [0.3, 0.4) is 0 Å². The van der Waals surface area contributed by atoms with Gasteiger partial charge in [-0.15, -0.1) is 0 Å². The molecule has 8 heteroatoms. The van der Waals surface area contributed by atoms with Gasteiger partial charge in [-0.25, -0.2) is 4.98 Å². The number of anilines is 1. The fourth-order valence-corrected chi connectivity index (χ4v) is 2.60. The van der Waals surface area contributed by atoms with Gasteiger partial charge in [0, 0.05) is 12.6 Å². The lowest BCUT2D eigenvalue weighted by atomic mass is 10.1. The molecule has 1 aromatic heterocycles. The minimum absolute atomic E-state index is 0.173. The number of ether oxygens (including phenoxy) is 1. The molecule has 2 aromatic carbocycles. The maximum absolute atomic E-state index is 11.8. The van der Waals surface area contributed by atoms with E-state index in [0.29, 0.717) is 30.3 Å². The third-order valence-electron chi connectivity index (χ3n) is 3.92. The average molecular weight is 368 g/mol. The second-order valence-corrected chi connectivity index (χ2v) is 6.58. The Morgan fingerprint density at radius 1 is 1.30 bits per heavy atom. The van der Waals surface area contributed by atoms with E-state index in [2.05, 4.69) is 29.1 Å². The van der Waals surface area contributed by atoms with Crippen LogP contribution in [0, 0.1) is 16.0 Å². The second kappa shape index (κ2) is 7.86. The first-order valence-corrected chi connectivity index (χ1v) is 8.55. The lowest BCUT2D eigenvalue weighted by Gasteiger charge is -2.11. The van der Waals surface area contributed by atoms with E-state index < -0.39 is 10.5 Å². The van der Waals surface area contributed by atoms with E-state index in [1.807, 2.05) is 24.3 Å². The zero-order chi connectivity index (χ0) is 19.4. The molecule has 0 aliphatic heterocycles. The van der Waals surface area contributed by atoms with Crippen molar-refractivity contribution in [2.45, 2.75) is 20.4 Å². The van der Waals surface area contributed by atoms with Gasteiger partial charge in [0.15, 0.2) is 0 Å². The first kappa shape index (κ1) is 18.4. The number of nitrogens with one attached hydrogen (secondary N) is 2. The van der Waals surface area contributed by atoms with E-state index in [1.165, 1.54) is 18.5 Å². The Balaban J connectivity index is 1.84. The molecule has 0 saturated heterocycles. The van der Waals surface area contributed by atoms with E-state index in [9.17, 15) is 14.9 Å². The van der Waals surface area contributed by atoms with Crippen LogP contribution in [0.25, 0.3) is 10.9 Å². The molecule has 0 saturated carbocycles. The molecule has 0 aliphatic carbocycles. The van der Waals surface area contributed by atoms with Crippen molar-refractivity contribution in [1.29, 1.82) is 0 Å². The highest BCUT2D eigenvalue weighted by molar-refractivity contribution is 5.86. The molecule has 2 N–H and O–H groups in total. The van der Waals surface area contributed by atoms with Crippen LogP contribution in [0.1, 0.15) is 19.4 Å². The number of nitrogens with zero attached hydrogens (tertiary/aromatic N) is 2. The molecule has 0 unspecified atom stereocenters. The Bertz CT molecular complexity index is 1030. The smallest absolute Gasteiger partial charge is 0.293 e. The maximum Gasteiger partial charge on any atom is 0.293 e. The molecule has 0 amide bonds. The number of benzene rings is 2. The summed E-state index contributed by atoms with van der Waals surface area (Å²) in [5.74, 6) is 1.17. The molecular formula is C19H20N4O4. The van der Waals surface area contributed by atoms with Gasteiger partial charge in [0.25, 0.3) is 11.2 Å². The van der Waals surface area contributed by atoms with Crippen LogP contribution in [0.2, 0.25) is 0 Å². The Hall–Kier alpha value is -3.42. The highest BCUT2D eigenvalue weighted by Gasteiger charge is 2.17. The number of aromatic nitrogens is 2. The average Bonchev–Trinajstić information content (AvgIpc) is 2.64. The van der Waals surface area contributed by atoms with Crippen molar-refractivity contribution in [2.24, 2.45) is 5.92 Å². The SMILES string of the molecule is CC(C)COc1cccc(CNc2cc3nc[nH]c(=O)c3cc2[N+](=O)[O-])c1. The molecule has 3 aromatic rings. The van der Waals surface area contributed by atoms with Crippen LogP contribution in [-0.4, -0.2) is 21.5 Å². The first-order chi connectivity index (χ1) is 12.9. The number of H-pyrrole nitrogens is 1.